The monoisotopic (exact) mass is 311 g/mol. The van der Waals surface area contributed by atoms with Gasteiger partial charge in [0.2, 0.25) is 0 Å². The molecule has 0 unspecified atom stereocenters. The third kappa shape index (κ3) is 3.22. The zero-order valence-electron chi connectivity index (χ0n) is 13.5. The van der Waals surface area contributed by atoms with Crippen LogP contribution in [0.15, 0.2) is 46.9 Å². The van der Waals surface area contributed by atoms with Gasteiger partial charge < -0.3 is 14.1 Å². The van der Waals surface area contributed by atoms with Gasteiger partial charge in [0.15, 0.2) is 0 Å². The van der Waals surface area contributed by atoms with Crippen LogP contribution < -0.4 is 0 Å². The van der Waals surface area contributed by atoms with Crippen molar-refractivity contribution in [3.63, 3.8) is 0 Å². The lowest BCUT2D eigenvalue weighted by Crippen LogP contribution is -2.27. The average molecular weight is 311 g/mol. The molecule has 4 nitrogen and oxygen atoms in total. The van der Waals surface area contributed by atoms with Crippen LogP contribution in [0.5, 0.6) is 0 Å². The fourth-order valence-electron chi connectivity index (χ4n) is 2.74. The summed E-state index contributed by atoms with van der Waals surface area (Å²) in [7, 11) is 0. The van der Waals surface area contributed by atoms with E-state index in [1.165, 1.54) is 0 Å². The summed E-state index contributed by atoms with van der Waals surface area (Å²) in [5.74, 6) is -0.288. The summed E-state index contributed by atoms with van der Waals surface area (Å²) >= 11 is 0. The maximum absolute atomic E-state index is 12.2. The number of carbonyl (C=O) groups excluding carboxylic acids is 1. The first-order valence-electron chi connectivity index (χ1n) is 8.03. The number of ether oxygens (including phenoxy) is 1. The van der Waals surface area contributed by atoms with Crippen LogP contribution in [0.2, 0.25) is 0 Å². The Morgan fingerprint density at radius 2 is 1.78 bits per heavy atom. The second kappa shape index (κ2) is 6.84. The van der Waals surface area contributed by atoms with Crippen LogP contribution in [-0.2, 0) is 4.74 Å². The Morgan fingerprint density at radius 3 is 2.57 bits per heavy atom. The Bertz CT molecular complexity index is 818. The summed E-state index contributed by atoms with van der Waals surface area (Å²) in [5, 5.41) is 1.96. The predicted molar refractivity (Wildman–Crippen MR) is 91.8 cm³/mol. The molecule has 0 aliphatic rings. The van der Waals surface area contributed by atoms with Crippen LogP contribution in [-0.4, -0.2) is 37.1 Å². The second-order valence-corrected chi connectivity index (χ2v) is 5.47. The van der Waals surface area contributed by atoms with Gasteiger partial charge >= 0.3 is 5.97 Å². The minimum atomic E-state index is -0.288. The highest BCUT2D eigenvalue weighted by atomic mass is 16.5. The summed E-state index contributed by atoms with van der Waals surface area (Å²) in [5.41, 5.74) is 2.17. The van der Waals surface area contributed by atoms with E-state index in [2.05, 4.69) is 18.7 Å². The van der Waals surface area contributed by atoms with E-state index in [4.69, 9.17) is 9.15 Å². The largest absolute Gasteiger partial charge is 0.461 e. The Hall–Kier alpha value is -2.33. The number of rotatable bonds is 6. The molecule has 0 radical (unpaired) electrons. The minimum absolute atomic E-state index is 0.288. The molecule has 0 N–H and O–H groups in total. The van der Waals surface area contributed by atoms with Gasteiger partial charge in [-0.05, 0) is 37.4 Å². The summed E-state index contributed by atoms with van der Waals surface area (Å²) < 4.78 is 11.2. The topological polar surface area (TPSA) is 42.7 Å². The first-order valence-corrected chi connectivity index (χ1v) is 8.03. The molecule has 0 fully saturated rings. The van der Waals surface area contributed by atoms with Crippen LogP contribution in [0, 0.1) is 0 Å². The van der Waals surface area contributed by atoms with Crippen molar-refractivity contribution in [3.8, 4) is 0 Å². The quantitative estimate of drug-likeness (QED) is 0.643. The number of furan rings is 1. The Labute approximate surface area is 135 Å². The van der Waals surface area contributed by atoms with Gasteiger partial charge in [0.25, 0.3) is 0 Å². The van der Waals surface area contributed by atoms with E-state index < -0.39 is 0 Å². The third-order valence-electron chi connectivity index (χ3n) is 4.15. The van der Waals surface area contributed by atoms with Crippen LogP contribution in [0.4, 0.5) is 0 Å². The zero-order chi connectivity index (χ0) is 16.2. The first kappa shape index (κ1) is 15.6. The van der Waals surface area contributed by atoms with E-state index in [1.54, 1.807) is 6.07 Å². The molecular weight excluding hydrogens is 290 g/mol. The number of hydrogen-bond donors (Lipinski definition) is 0. The summed E-state index contributed by atoms with van der Waals surface area (Å²) in [4.78, 5) is 14.5. The minimum Gasteiger partial charge on any atom is -0.461 e. The predicted octanol–water partition coefficient (Wildman–Crippen LogP) is 4.08. The normalized spacial score (nSPS) is 11.4. The van der Waals surface area contributed by atoms with Crippen molar-refractivity contribution >= 4 is 27.9 Å². The van der Waals surface area contributed by atoms with Gasteiger partial charge in [0.1, 0.15) is 17.8 Å². The molecule has 1 heterocycles. The fraction of sp³-hybridized carbons (Fsp3) is 0.316. The maximum Gasteiger partial charge on any atom is 0.338 e. The molecule has 3 aromatic rings. The molecule has 0 atom stereocenters. The molecule has 0 spiro atoms. The summed E-state index contributed by atoms with van der Waals surface area (Å²) in [6.45, 7) is 7.29. The number of hydrogen-bond acceptors (Lipinski definition) is 4. The molecule has 1 aromatic heterocycles. The Morgan fingerprint density at radius 1 is 1.04 bits per heavy atom. The van der Waals surface area contributed by atoms with Gasteiger partial charge in [-0.2, -0.15) is 0 Å². The van der Waals surface area contributed by atoms with Crippen molar-refractivity contribution in [2.75, 3.05) is 26.2 Å². The number of esters is 1. The second-order valence-electron chi connectivity index (χ2n) is 5.47. The molecule has 3 rings (SSSR count). The van der Waals surface area contributed by atoms with Gasteiger partial charge in [0, 0.05) is 17.3 Å². The van der Waals surface area contributed by atoms with Gasteiger partial charge in [-0.15, -0.1) is 0 Å². The third-order valence-corrected chi connectivity index (χ3v) is 4.15. The zero-order valence-corrected chi connectivity index (χ0v) is 13.5. The van der Waals surface area contributed by atoms with Crippen molar-refractivity contribution in [1.82, 2.24) is 4.90 Å². The van der Waals surface area contributed by atoms with Gasteiger partial charge in [-0.25, -0.2) is 4.79 Å². The van der Waals surface area contributed by atoms with E-state index >= 15 is 0 Å². The van der Waals surface area contributed by atoms with Gasteiger partial charge in [0.05, 0.1) is 5.56 Å². The standard InChI is InChI=1S/C19H21NO3/c1-3-20(4-2)11-12-22-19(21)14-9-10-18-16(13-14)15-7-5-6-8-17(15)23-18/h5-10,13H,3-4,11-12H2,1-2H3. The highest BCUT2D eigenvalue weighted by Crippen LogP contribution is 2.29. The molecule has 0 aliphatic heterocycles. The number of likely N-dealkylation sites (N-methyl/N-ethyl adjacent to an activating group) is 1. The Kier molecular flexibility index (Phi) is 4.63. The lowest BCUT2D eigenvalue weighted by molar-refractivity contribution is 0.0466. The van der Waals surface area contributed by atoms with E-state index in [0.29, 0.717) is 12.2 Å². The molecule has 0 aliphatic carbocycles. The average Bonchev–Trinajstić information content (AvgIpc) is 2.96. The van der Waals surface area contributed by atoms with Crippen molar-refractivity contribution in [1.29, 1.82) is 0 Å². The lowest BCUT2D eigenvalue weighted by Gasteiger charge is -2.17. The fourth-order valence-corrected chi connectivity index (χ4v) is 2.74. The van der Waals surface area contributed by atoms with Crippen LogP contribution >= 0.6 is 0 Å². The number of benzene rings is 2. The molecule has 0 bridgehead atoms. The summed E-state index contributed by atoms with van der Waals surface area (Å²) in [6.07, 6.45) is 0. The van der Waals surface area contributed by atoms with Crippen LogP contribution in [0.3, 0.4) is 0 Å². The number of carbonyl (C=O) groups is 1. The van der Waals surface area contributed by atoms with E-state index in [0.717, 1.165) is 41.6 Å². The first-order chi connectivity index (χ1) is 11.2. The van der Waals surface area contributed by atoms with Crippen molar-refractivity contribution in [2.24, 2.45) is 0 Å². The molecule has 0 saturated carbocycles. The SMILES string of the molecule is CCN(CC)CCOC(=O)c1ccc2oc3ccccc3c2c1. The summed E-state index contributed by atoms with van der Waals surface area (Å²) in [6, 6.07) is 13.3. The van der Waals surface area contributed by atoms with E-state index in [9.17, 15) is 4.79 Å². The van der Waals surface area contributed by atoms with Gasteiger partial charge in [-0.3, -0.25) is 0 Å². The van der Waals surface area contributed by atoms with Gasteiger partial charge in [-0.1, -0.05) is 32.0 Å². The molecule has 4 heteroatoms. The van der Waals surface area contributed by atoms with Crippen LogP contribution in [0.1, 0.15) is 24.2 Å². The number of fused-ring (bicyclic) bond motifs is 3. The van der Waals surface area contributed by atoms with Crippen molar-refractivity contribution in [3.05, 3.63) is 48.0 Å². The molecule has 120 valence electrons. The molecule has 0 amide bonds. The molecule has 23 heavy (non-hydrogen) atoms. The molecular formula is C19H21NO3. The Balaban J connectivity index is 1.77. The van der Waals surface area contributed by atoms with E-state index in [1.807, 2.05) is 36.4 Å². The van der Waals surface area contributed by atoms with E-state index in [-0.39, 0.29) is 5.97 Å². The van der Waals surface area contributed by atoms with Crippen molar-refractivity contribution < 1.29 is 13.9 Å². The maximum atomic E-state index is 12.2. The highest BCUT2D eigenvalue weighted by molar-refractivity contribution is 6.07. The van der Waals surface area contributed by atoms with Crippen LogP contribution in [0.25, 0.3) is 21.9 Å². The van der Waals surface area contributed by atoms with Crippen molar-refractivity contribution in [2.45, 2.75) is 13.8 Å². The number of nitrogens with zero attached hydrogens (tertiary/aromatic N) is 1. The smallest absolute Gasteiger partial charge is 0.338 e. The number of para-hydroxylation sites is 1. The molecule has 2 aromatic carbocycles. The molecule has 0 saturated heterocycles. The lowest BCUT2D eigenvalue weighted by atomic mass is 10.1. The highest BCUT2D eigenvalue weighted by Gasteiger charge is 2.12.